The summed E-state index contributed by atoms with van der Waals surface area (Å²) in [5, 5.41) is 12.5. The number of anilines is 1. The van der Waals surface area contributed by atoms with E-state index < -0.39 is 12.0 Å². The number of nitrogens with one attached hydrogen (secondary N) is 1. The molecule has 1 aromatic rings. The number of carbonyl (C=O) groups excluding carboxylic acids is 1. The number of aryl methyl sites for hydroxylation is 1. The van der Waals surface area contributed by atoms with E-state index in [1.54, 1.807) is 6.20 Å². The number of likely N-dealkylation sites (tertiary alicyclic amines) is 1. The molecule has 20 heavy (non-hydrogen) atoms. The van der Waals surface area contributed by atoms with E-state index in [0.29, 0.717) is 24.0 Å². The zero-order chi connectivity index (χ0) is 14.7. The average Bonchev–Trinajstić information content (AvgIpc) is 2.83. The third-order valence-corrected chi connectivity index (χ3v) is 4.50. The zero-order valence-electron chi connectivity index (χ0n) is 11.6. The molecule has 110 valence electrons. The van der Waals surface area contributed by atoms with Crippen LogP contribution in [-0.2, 0) is 4.79 Å². The summed E-state index contributed by atoms with van der Waals surface area (Å²) in [7, 11) is 0. The maximum Gasteiger partial charge on any atom is 0.326 e. The van der Waals surface area contributed by atoms with E-state index in [0.717, 1.165) is 17.7 Å². The molecule has 0 radical (unpaired) electrons. The summed E-state index contributed by atoms with van der Waals surface area (Å²) in [6.07, 6.45) is 4.00. The number of thiazole rings is 1. The highest BCUT2D eigenvalue weighted by atomic mass is 32.1. The van der Waals surface area contributed by atoms with Gasteiger partial charge in [-0.3, -0.25) is 5.32 Å². The van der Waals surface area contributed by atoms with Gasteiger partial charge < -0.3 is 10.0 Å². The van der Waals surface area contributed by atoms with Gasteiger partial charge in [0.25, 0.3) is 0 Å². The van der Waals surface area contributed by atoms with Gasteiger partial charge in [-0.25, -0.2) is 14.6 Å². The van der Waals surface area contributed by atoms with Gasteiger partial charge in [-0.05, 0) is 25.7 Å². The summed E-state index contributed by atoms with van der Waals surface area (Å²) in [4.78, 5) is 30.0. The fraction of sp³-hybridized carbons (Fsp3) is 0.615. The van der Waals surface area contributed by atoms with Gasteiger partial charge >= 0.3 is 12.0 Å². The molecule has 2 rings (SSSR count). The lowest BCUT2D eigenvalue weighted by atomic mass is 9.89. The molecule has 2 heterocycles. The van der Waals surface area contributed by atoms with E-state index in [4.69, 9.17) is 0 Å². The van der Waals surface area contributed by atoms with Crippen LogP contribution in [0.15, 0.2) is 6.20 Å². The maximum absolute atomic E-state index is 12.2. The Bertz CT molecular complexity index is 503. The van der Waals surface area contributed by atoms with Crippen molar-refractivity contribution in [1.82, 2.24) is 9.88 Å². The van der Waals surface area contributed by atoms with Crippen LogP contribution >= 0.6 is 11.3 Å². The number of urea groups is 1. The molecule has 1 aliphatic heterocycles. The number of amides is 2. The third kappa shape index (κ3) is 3.27. The molecule has 0 aromatic carbocycles. The second-order valence-corrected chi connectivity index (χ2v) is 6.29. The van der Waals surface area contributed by atoms with Crippen molar-refractivity contribution in [2.75, 3.05) is 11.9 Å². The van der Waals surface area contributed by atoms with Crippen molar-refractivity contribution in [3.05, 3.63) is 11.1 Å². The third-order valence-electron chi connectivity index (χ3n) is 3.67. The van der Waals surface area contributed by atoms with Gasteiger partial charge in [-0.15, -0.1) is 11.3 Å². The topological polar surface area (TPSA) is 82.5 Å². The minimum Gasteiger partial charge on any atom is -0.480 e. The number of hydrogen-bond donors (Lipinski definition) is 2. The van der Waals surface area contributed by atoms with E-state index in [9.17, 15) is 14.7 Å². The SMILES string of the molecule is CCC1CCN(C(=O)Nc2ncc(C)s2)C(C(=O)O)C1. The van der Waals surface area contributed by atoms with Crippen molar-refractivity contribution in [3.8, 4) is 0 Å². The highest BCUT2D eigenvalue weighted by molar-refractivity contribution is 7.15. The summed E-state index contributed by atoms with van der Waals surface area (Å²) >= 11 is 1.38. The number of piperidine rings is 1. The van der Waals surface area contributed by atoms with Crippen LogP contribution in [0.3, 0.4) is 0 Å². The number of aromatic nitrogens is 1. The molecule has 7 heteroatoms. The van der Waals surface area contributed by atoms with Gasteiger partial charge in [0.1, 0.15) is 6.04 Å². The summed E-state index contributed by atoms with van der Waals surface area (Å²) in [6.45, 7) is 4.43. The molecule has 2 N–H and O–H groups in total. The van der Waals surface area contributed by atoms with Gasteiger partial charge in [0.15, 0.2) is 5.13 Å². The molecule has 0 saturated carbocycles. The first kappa shape index (κ1) is 14.8. The van der Waals surface area contributed by atoms with Crippen molar-refractivity contribution in [1.29, 1.82) is 0 Å². The summed E-state index contributed by atoms with van der Waals surface area (Å²) < 4.78 is 0. The van der Waals surface area contributed by atoms with Crippen molar-refractivity contribution >= 4 is 28.5 Å². The molecule has 2 atom stereocenters. The van der Waals surface area contributed by atoms with E-state index in [-0.39, 0.29) is 6.03 Å². The molecular weight excluding hydrogens is 278 g/mol. The highest BCUT2D eigenvalue weighted by Gasteiger charge is 2.35. The van der Waals surface area contributed by atoms with Crippen LogP contribution in [0.4, 0.5) is 9.93 Å². The first-order valence-electron chi connectivity index (χ1n) is 6.74. The molecule has 2 amide bonds. The number of aliphatic carboxylic acids is 1. The lowest BCUT2D eigenvalue weighted by Gasteiger charge is -2.36. The largest absolute Gasteiger partial charge is 0.480 e. The molecule has 0 spiro atoms. The lowest BCUT2D eigenvalue weighted by molar-refractivity contribution is -0.143. The predicted octanol–water partition coefficient (Wildman–Crippen LogP) is 2.56. The quantitative estimate of drug-likeness (QED) is 0.898. The summed E-state index contributed by atoms with van der Waals surface area (Å²) in [6, 6.07) is -1.11. The van der Waals surface area contributed by atoms with Gasteiger partial charge in [0.05, 0.1) is 0 Å². The fourth-order valence-electron chi connectivity index (χ4n) is 2.46. The Morgan fingerprint density at radius 3 is 2.90 bits per heavy atom. The number of carbonyl (C=O) groups is 2. The minimum atomic E-state index is -0.936. The molecule has 1 aliphatic rings. The zero-order valence-corrected chi connectivity index (χ0v) is 12.4. The second-order valence-electron chi connectivity index (χ2n) is 5.05. The number of carboxylic acid groups (broad SMARTS) is 1. The molecule has 1 fully saturated rings. The van der Waals surface area contributed by atoms with E-state index in [1.807, 2.05) is 6.92 Å². The van der Waals surface area contributed by atoms with Gasteiger partial charge in [-0.2, -0.15) is 0 Å². The van der Waals surface area contributed by atoms with Crippen molar-refractivity contribution in [3.63, 3.8) is 0 Å². The van der Waals surface area contributed by atoms with Gasteiger partial charge in [-0.1, -0.05) is 13.3 Å². The fourth-order valence-corrected chi connectivity index (χ4v) is 3.12. The van der Waals surface area contributed by atoms with E-state index in [2.05, 4.69) is 17.2 Å². The van der Waals surface area contributed by atoms with Crippen LogP contribution in [0.1, 0.15) is 31.1 Å². The van der Waals surface area contributed by atoms with Gasteiger partial charge in [0.2, 0.25) is 0 Å². The van der Waals surface area contributed by atoms with Crippen LogP contribution in [0.25, 0.3) is 0 Å². The summed E-state index contributed by atoms with van der Waals surface area (Å²) in [5.74, 6) is -0.559. The standard InChI is InChI=1S/C13H19N3O3S/c1-3-9-4-5-16(10(6-9)11(17)18)13(19)15-12-14-7-8(2)20-12/h7,9-10H,3-6H2,1-2H3,(H,17,18)(H,14,15,19). The first-order chi connectivity index (χ1) is 9.51. The molecule has 0 bridgehead atoms. The molecule has 6 nitrogen and oxygen atoms in total. The Kier molecular flexibility index (Phi) is 4.59. The predicted molar refractivity (Wildman–Crippen MR) is 77.0 cm³/mol. The summed E-state index contributed by atoms with van der Waals surface area (Å²) in [5.41, 5.74) is 0. The van der Waals surface area contributed by atoms with E-state index in [1.165, 1.54) is 16.2 Å². The maximum atomic E-state index is 12.2. The Hall–Kier alpha value is -1.63. The number of rotatable bonds is 3. The smallest absolute Gasteiger partial charge is 0.326 e. The van der Waals surface area contributed by atoms with Crippen LogP contribution in [0, 0.1) is 12.8 Å². The monoisotopic (exact) mass is 297 g/mol. The second kappa shape index (κ2) is 6.21. The Labute approximate surface area is 121 Å². The van der Waals surface area contributed by atoms with Crippen molar-refractivity contribution in [2.24, 2.45) is 5.92 Å². The average molecular weight is 297 g/mol. The van der Waals surface area contributed by atoms with Crippen molar-refractivity contribution < 1.29 is 14.7 Å². The van der Waals surface area contributed by atoms with Gasteiger partial charge in [0, 0.05) is 17.6 Å². The van der Waals surface area contributed by atoms with Crippen LogP contribution in [0.5, 0.6) is 0 Å². The normalized spacial score (nSPS) is 22.6. The van der Waals surface area contributed by atoms with Crippen LogP contribution < -0.4 is 5.32 Å². The van der Waals surface area contributed by atoms with E-state index >= 15 is 0 Å². The first-order valence-corrected chi connectivity index (χ1v) is 7.55. The molecule has 2 unspecified atom stereocenters. The van der Waals surface area contributed by atoms with Crippen LogP contribution in [0.2, 0.25) is 0 Å². The van der Waals surface area contributed by atoms with Crippen molar-refractivity contribution in [2.45, 2.75) is 39.2 Å². The molecule has 1 saturated heterocycles. The highest BCUT2D eigenvalue weighted by Crippen LogP contribution is 2.26. The number of carboxylic acids is 1. The van der Waals surface area contributed by atoms with Crippen LogP contribution in [-0.4, -0.2) is 39.6 Å². The number of nitrogens with zero attached hydrogens (tertiary/aromatic N) is 2. The Morgan fingerprint density at radius 2 is 2.35 bits per heavy atom. The molecule has 1 aromatic heterocycles. The minimum absolute atomic E-state index is 0.374. The lowest BCUT2D eigenvalue weighted by Crippen LogP contribution is -2.51. The Balaban J connectivity index is 2.05. The molecular formula is C13H19N3O3S. The Morgan fingerprint density at radius 1 is 1.60 bits per heavy atom. The number of hydrogen-bond acceptors (Lipinski definition) is 4. The molecule has 0 aliphatic carbocycles.